The van der Waals surface area contributed by atoms with E-state index < -0.39 is 10.0 Å². The molecule has 1 aromatic carbocycles. The van der Waals surface area contributed by atoms with Gasteiger partial charge in [0, 0.05) is 35.3 Å². The summed E-state index contributed by atoms with van der Waals surface area (Å²) in [6.07, 6.45) is 5.11. The normalized spacial score (nSPS) is 11.3. The maximum absolute atomic E-state index is 11.3. The van der Waals surface area contributed by atoms with Crippen molar-refractivity contribution < 1.29 is 8.42 Å². The summed E-state index contributed by atoms with van der Waals surface area (Å²) in [7, 11) is -3.72. The predicted molar refractivity (Wildman–Crippen MR) is 88.7 cm³/mol. The van der Waals surface area contributed by atoms with Crippen molar-refractivity contribution in [3.8, 4) is 22.3 Å². The zero-order chi connectivity index (χ0) is 16.4. The van der Waals surface area contributed by atoms with E-state index in [0.29, 0.717) is 11.4 Å². The van der Waals surface area contributed by atoms with Gasteiger partial charge in [-0.3, -0.25) is 4.98 Å². The minimum Gasteiger partial charge on any atom is -0.383 e. The fourth-order valence-corrected chi connectivity index (χ4v) is 2.74. The van der Waals surface area contributed by atoms with Crippen molar-refractivity contribution in [2.24, 2.45) is 5.14 Å². The van der Waals surface area contributed by atoms with E-state index in [1.165, 1.54) is 12.1 Å². The van der Waals surface area contributed by atoms with Gasteiger partial charge in [-0.2, -0.15) is 0 Å². The largest absolute Gasteiger partial charge is 0.383 e. The number of nitrogens with zero attached hydrogens (tertiary/aromatic N) is 2. The molecule has 2 heterocycles. The molecule has 0 amide bonds. The van der Waals surface area contributed by atoms with E-state index in [9.17, 15) is 8.42 Å². The Morgan fingerprint density at radius 1 is 0.913 bits per heavy atom. The molecule has 0 fully saturated rings. The average molecular weight is 326 g/mol. The molecule has 0 atom stereocenters. The van der Waals surface area contributed by atoms with Crippen molar-refractivity contribution in [2.75, 3.05) is 5.73 Å². The molecule has 0 aliphatic heterocycles. The molecule has 7 heteroatoms. The van der Waals surface area contributed by atoms with Gasteiger partial charge in [-0.25, -0.2) is 18.5 Å². The van der Waals surface area contributed by atoms with Gasteiger partial charge in [0.05, 0.1) is 4.90 Å². The van der Waals surface area contributed by atoms with E-state index in [1.54, 1.807) is 30.7 Å². The van der Waals surface area contributed by atoms with Crippen molar-refractivity contribution in [2.45, 2.75) is 4.90 Å². The summed E-state index contributed by atoms with van der Waals surface area (Å²) >= 11 is 0. The van der Waals surface area contributed by atoms with Crippen LogP contribution in [0.4, 0.5) is 5.82 Å². The molecule has 0 spiro atoms. The van der Waals surface area contributed by atoms with Gasteiger partial charge in [0.25, 0.3) is 0 Å². The third kappa shape index (κ3) is 3.20. The lowest BCUT2D eigenvalue weighted by molar-refractivity contribution is 0.598. The molecule has 3 rings (SSSR count). The van der Waals surface area contributed by atoms with E-state index in [2.05, 4.69) is 9.97 Å². The molecule has 0 unspecified atom stereocenters. The number of nitrogen functional groups attached to an aromatic ring is 1. The topological polar surface area (TPSA) is 112 Å². The molecule has 0 bridgehead atoms. The number of benzene rings is 1. The zero-order valence-corrected chi connectivity index (χ0v) is 12.9. The van der Waals surface area contributed by atoms with Crippen molar-refractivity contribution >= 4 is 15.8 Å². The quantitative estimate of drug-likeness (QED) is 0.765. The van der Waals surface area contributed by atoms with E-state index >= 15 is 0 Å². The Morgan fingerprint density at radius 2 is 1.65 bits per heavy atom. The molecule has 0 saturated heterocycles. The van der Waals surface area contributed by atoms with Gasteiger partial charge in [-0.15, -0.1) is 0 Å². The highest BCUT2D eigenvalue weighted by Gasteiger charge is 2.10. The minimum atomic E-state index is -3.72. The third-order valence-electron chi connectivity index (χ3n) is 3.41. The monoisotopic (exact) mass is 326 g/mol. The van der Waals surface area contributed by atoms with Crippen LogP contribution in [0.3, 0.4) is 0 Å². The van der Waals surface area contributed by atoms with Crippen LogP contribution in [-0.2, 0) is 10.0 Å². The number of hydrogen-bond acceptors (Lipinski definition) is 5. The van der Waals surface area contributed by atoms with Crippen molar-refractivity contribution in [3.63, 3.8) is 0 Å². The third-order valence-corrected chi connectivity index (χ3v) is 4.34. The zero-order valence-electron chi connectivity index (χ0n) is 12.0. The maximum atomic E-state index is 11.3. The molecular weight excluding hydrogens is 312 g/mol. The first-order valence-electron chi connectivity index (χ1n) is 6.74. The molecule has 2 aromatic heterocycles. The Bertz CT molecular complexity index is 940. The number of nitrogens with two attached hydrogens (primary N) is 2. The Balaban J connectivity index is 2.06. The molecule has 0 saturated carbocycles. The van der Waals surface area contributed by atoms with Crippen molar-refractivity contribution in [1.82, 2.24) is 9.97 Å². The lowest BCUT2D eigenvalue weighted by Gasteiger charge is -2.09. The van der Waals surface area contributed by atoms with Crippen LogP contribution in [-0.4, -0.2) is 18.4 Å². The Hall–Kier alpha value is -2.77. The van der Waals surface area contributed by atoms with Crippen LogP contribution >= 0.6 is 0 Å². The number of anilines is 1. The van der Waals surface area contributed by atoms with Gasteiger partial charge in [0.1, 0.15) is 5.82 Å². The summed E-state index contributed by atoms with van der Waals surface area (Å²) in [4.78, 5) is 8.35. The molecule has 0 aliphatic carbocycles. The van der Waals surface area contributed by atoms with Crippen molar-refractivity contribution in [1.29, 1.82) is 0 Å². The first-order chi connectivity index (χ1) is 10.9. The predicted octanol–water partition coefficient (Wildman–Crippen LogP) is 2.04. The first kappa shape index (κ1) is 15.1. The second-order valence-electron chi connectivity index (χ2n) is 4.97. The Kier molecular flexibility index (Phi) is 3.81. The van der Waals surface area contributed by atoms with Crippen LogP contribution in [0.15, 0.2) is 66.0 Å². The molecular formula is C16H14N4O2S. The number of aromatic nitrogens is 2. The van der Waals surface area contributed by atoms with Gasteiger partial charge in [0.2, 0.25) is 10.0 Å². The van der Waals surface area contributed by atoms with Crippen molar-refractivity contribution in [3.05, 3.63) is 61.1 Å². The van der Waals surface area contributed by atoms with Crippen LogP contribution in [0.5, 0.6) is 0 Å². The van der Waals surface area contributed by atoms with Gasteiger partial charge < -0.3 is 5.73 Å². The summed E-state index contributed by atoms with van der Waals surface area (Å²) < 4.78 is 22.6. The van der Waals surface area contributed by atoms with Crippen LogP contribution in [0.2, 0.25) is 0 Å². The molecule has 23 heavy (non-hydrogen) atoms. The summed E-state index contributed by atoms with van der Waals surface area (Å²) in [5.74, 6) is 0.362. The summed E-state index contributed by atoms with van der Waals surface area (Å²) in [5.41, 5.74) is 9.22. The van der Waals surface area contributed by atoms with Crippen LogP contribution in [0.25, 0.3) is 22.3 Å². The lowest BCUT2D eigenvalue weighted by Crippen LogP contribution is -2.11. The standard InChI is InChI=1S/C16H14N4O2S/c17-16-15(11-3-5-14(6-4-11)23(18,21)22)8-13(10-20-16)12-2-1-7-19-9-12/h1-10H,(H2,17,20)(H2,18,21,22). The number of rotatable bonds is 3. The summed E-state index contributed by atoms with van der Waals surface area (Å²) in [5, 5.41) is 5.10. The summed E-state index contributed by atoms with van der Waals surface area (Å²) in [6.45, 7) is 0. The highest BCUT2D eigenvalue weighted by atomic mass is 32.2. The number of primary sulfonamides is 1. The van der Waals surface area contributed by atoms with Crippen LogP contribution < -0.4 is 10.9 Å². The molecule has 4 N–H and O–H groups in total. The number of hydrogen-bond donors (Lipinski definition) is 2. The second-order valence-corrected chi connectivity index (χ2v) is 6.53. The maximum Gasteiger partial charge on any atom is 0.238 e. The van der Waals surface area contributed by atoms with Crippen LogP contribution in [0, 0.1) is 0 Å². The number of sulfonamides is 1. The molecule has 3 aromatic rings. The highest BCUT2D eigenvalue weighted by Crippen LogP contribution is 2.29. The Labute approximate surface area is 133 Å². The first-order valence-corrected chi connectivity index (χ1v) is 8.29. The van der Waals surface area contributed by atoms with Gasteiger partial charge in [0.15, 0.2) is 0 Å². The molecule has 6 nitrogen and oxygen atoms in total. The van der Waals surface area contributed by atoms with Crippen LogP contribution in [0.1, 0.15) is 0 Å². The van der Waals surface area contributed by atoms with Gasteiger partial charge in [-0.1, -0.05) is 18.2 Å². The fourth-order valence-electron chi connectivity index (χ4n) is 2.22. The highest BCUT2D eigenvalue weighted by molar-refractivity contribution is 7.89. The van der Waals surface area contributed by atoms with Gasteiger partial charge >= 0.3 is 0 Å². The van der Waals surface area contributed by atoms with E-state index in [-0.39, 0.29) is 4.90 Å². The second kappa shape index (κ2) is 5.79. The minimum absolute atomic E-state index is 0.0520. The van der Waals surface area contributed by atoms with E-state index in [0.717, 1.165) is 16.7 Å². The SMILES string of the molecule is Nc1ncc(-c2cccnc2)cc1-c1ccc(S(N)(=O)=O)cc1. The van der Waals surface area contributed by atoms with Gasteiger partial charge in [-0.05, 0) is 29.8 Å². The molecule has 0 aliphatic rings. The Morgan fingerprint density at radius 3 is 2.26 bits per heavy atom. The molecule has 116 valence electrons. The smallest absolute Gasteiger partial charge is 0.238 e. The van der Waals surface area contributed by atoms with E-state index in [4.69, 9.17) is 10.9 Å². The lowest BCUT2D eigenvalue weighted by atomic mass is 10.0. The fraction of sp³-hybridized carbons (Fsp3) is 0. The number of pyridine rings is 2. The molecule has 0 radical (unpaired) electrons. The average Bonchev–Trinajstić information content (AvgIpc) is 2.55. The van der Waals surface area contributed by atoms with E-state index in [1.807, 2.05) is 18.2 Å². The summed E-state index contributed by atoms with van der Waals surface area (Å²) in [6, 6.07) is 11.9.